The molecule has 1 N–H and O–H groups in total. The number of benzene rings is 2. The number of aromatic nitrogens is 1. The zero-order chi connectivity index (χ0) is 18.4. The Kier molecular flexibility index (Phi) is 5.67. The molecule has 5 heteroatoms. The lowest BCUT2D eigenvalue weighted by atomic mass is 10.1. The zero-order valence-corrected chi connectivity index (χ0v) is 15.5. The van der Waals surface area contributed by atoms with Crippen molar-refractivity contribution in [1.29, 1.82) is 5.26 Å². The molecule has 0 spiro atoms. The maximum absolute atomic E-state index is 9.53. The maximum atomic E-state index is 9.53. The van der Waals surface area contributed by atoms with Gasteiger partial charge in [0.2, 0.25) is 0 Å². The molecule has 0 unspecified atom stereocenters. The Morgan fingerprint density at radius 1 is 1.27 bits per heavy atom. The van der Waals surface area contributed by atoms with Gasteiger partial charge in [-0.1, -0.05) is 37.3 Å². The Bertz CT molecular complexity index is 969. The molecule has 3 rings (SSSR count). The van der Waals surface area contributed by atoms with E-state index < -0.39 is 0 Å². The fraction of sp³-hybridized carbons (Fsp3) is 0.143. The number of anilines is 1. The van der Waals surface area contributed by atoms with Gasteiger partial charge in [0.25, 0.3) is 0 Å². The van der Waals surface area contributed by atoms with Gasteiger partial charge < -0.3 is 10.1 Å². The van der Waals surface area contributed by atoms with Gasteiger partial charge in [-0.05, 0) is 30.2 Å². The topological polar surface area (TPSA) is 57.9 Å². The van der Waals surface area contributed by atoms with E-state index in [1.165, 1.54) is 16.9 Å². The standard InChI is InChI=1S/C21H19N3OS/c1-3-15-7-4-5-10-19(15)23-13-17(12-22)21-24-20(14-26-21)16-8-6-9-18(11-16)25-2/h4-11,13-14,23H,3H2,1-2H3/b17-13+. The lowest BCUT2D eigenvalue weighted by molar-refractivity contribution is 0.415. The van der Waals surface area contributed by atoms with E-state index in [0.717, 1.165) is 29.1 Å². The minimum atomic E-state index is 0.509. The summed E-state index contributed by atoms with van der Waals surface area (Å²) in [5, 5.41) is 15.4. The highest BCUT2D eigenvalue weighted by molar-refractivity contribution is 7.11. The normalized spacial score (nSPS) is 11.0. The highest BCUT2D eigenvalue weighted by atomic mass is 32.1. The molecule has 130 valence electrons. The number of aryl methyl sites for hydroxylation is 1. The predicted octanol–water partition coefficient (Wildman–Crippen LogP) is 5.36. The average Bonchev–Trinajstić information content (AvgIpc) is 3.19. The zero-order valence-electron chi connectivity index (χ0n) is 14.7. The van der Waals surface area contributed by atoms with Crippen LogP contribution in [-0.2, 0) is 6.42 Å². The van der Waals surface area contributed by atoms with Gasteiger partial charge in [0, 0.05) is 22.8 Å². The van der Waals surface area contributed by atoms with Gasteiger partial charge in [0.1, 0.15) is 22.4 Å². The molecule has 0 fully saturated rings. The van der Waals surface area contributed by atoms with Crippen LogP contribution in [0.1, 0.15) is 17.5 Å². The van der Waals surface area contributed by atoms with Crippen LogP contribution in [0.4, 0.5) is 5.69 Å². The molecule has 0 aliphatic heterocycles. The Balaban J connectivity index is 1.85. The van der Waals surface area contributed by atoms with Crippen LogP contribution in [0.5, 0.6) is 5.75 Å². The summed E-state index contributed by atoms with van der Waals surface area (Å²) in [6.07, 6.45) is 2.65. The number of ether oxygens (including phenoxy) is 1. The highest BCUT2D eigenvalue weighted by Gasteiger charge is 2.10. The first-order valence-electron chi connectivity index (χ1n) is 8.30. The Morgan fingerprint density at radius 3 is 2.88 bits per heavy atom. The summed E-state index contributed by atoms with van der Waals surface area (Å²) in [6.45, 7) is 2.11. The summed E-state index contributed by atoms with van der Waals surface area (Å²) in [5.41, 5.74) is 4.52. The van der Waals surface area contributed by atoms with E-state index >= 15 is 0 Å². The number of hydrogen-bond acceptors (Lipinski definition) is 5. The molecular weight excluding hydrogens is 342 g/mol. The second-order valence-electron chi connectivity index (χ2n) is 5.59. The average molecular weight is 361 g/mol. The summed E-state index contributed by atoms with van der Waals surface area (Å²) in [5.74, 6) is 0.783. The fourth-order valence-electron chi connectivity index (χ4n) is 2.57. The van der Waals surface area contributed by atoms with Crippen molar-refractivity contribution in [2.45, 2.75) is 13.3 Å². The van der Waals surface area contributed by atoms with Crippen LogP contribution < -0.4 is 10.1 Å². The van der Waals surface area contributed by atoms with Crippen LogP contribution in [0.3, 0.4) is 0 Å². The van der Waals surface area contributed by atoms with Crippen LogP contribution in [0, 0.1) is 11.3 Å². The van der Waals surface area contributed by atoms with Gasteiger partial charge >= 0.3 is 0 Å². The van der Waals surface area contributed by atoms with Gasteiger partial charge in [-0.2, -0.15) is 5.26 Å². The molecule has 26 heavy (non-hydrogen) atoms. The van der Waals surface area contributed by atoms with Crippen molar-refractivity contribution in [2.24, 2.45) is 0 Å². The number of hydrogen-bond donors (Lipinski definition) is 1. The molecule has 0 radical (unpaired) electrons. The number of para-hydroxylation sites is 1. The largest absolute Gasteiger partial charge is 0.497 e. The summed E-state index contributed by atoms with van der Waals surface area (Å²) < 4.78 is 5.26. The third-order valence-electron chi connectivity index (χ3n) is 3.99. The molecule has 4 nitrogen and oxygen atoms in total. The molecule has 2 aromatic carbocycles. The number of allylic oxidation sites excluding steroid dienone is 1. The Labute approximate surface area is 157 Å². The lowest BCUT2D eigenvalue weighted by Gasteiger charge is -2.07. The van der Waals surface area contributed by atoms with E-state index in [0.29, 0.717) is 10.6 Å². The van der Waals surface area contributed by atoms with Crippen molar-refractivity contribution in [2.75, 3.05) is 12.4 Å². The summed E-state index contributed by atoms with van der Waals surface area (Å²) in [4.78, 5) is 4.61. The molecule has 1 heterocycles. The number of nitriles is 1. The molecule has 0 aliphatic rings. The molecule has 0 saturated heterocycles. The number of methoxy groups -OCH3 is 1. The highest BCUT2D eigenvalue weighted by Crippen LogP contribution is 2.28. The van der Waals surface area contributed by atoms with E-state index in [-0.39, 0.29) is 0 Å². The first-order valence-corrected chi connectivity index (χ1v) is 9.18. The number of nitrogens with one attached hydrogen (secondary N) is 1. The third kappa shape index (κ3) is 3.93. The van der Waals surface area contributed by atoms with Crippen LogP contribution in [0.25, 0.3) is 16.8 Å². The third-order valence-corrected chi connectivity index (χ3v) is 4.87. The molecule has 3 aromatic rings. The SMILES string of the molecule is CCc1ccccc1N/C=C(\C#N)c1nc(-c2cccc(OC)c2)cs1. The van der Waals surface area contributed by atoms with Gasteiger partial charge in [0.15, 0.2) is 0 Å². The Morgan fingerprint density at radius 2 is 2.12 bits per heavy atom. The van der Waals surface area contributed by atoms with Crippen molar-refractivity contribution < 1.29 is 4.74 Å². The van der Waals surface area contributed by atoms with Crippen molar-refractivity contribution in [3.63, 3.8) is 0 Å². The van der Waals surface area contributed by atoms with Gasteiger partial charge in [0.05, 0.1) is 12.8 Å². The van der Waals surface area contributed by atoms with Crippen molar-refractivity contribution >= 4 is 22.6 Å². The Hall–Kier alpha value is -3.10. The fourth-order valence-corrected chi connectivity index (χ4v) is 3.37. The van der Waals surface area contributed by atoms with Crippen molar-refractivity contribution in [1.82, 2.24) is 4.98 Å². The van der Waals surface area contributed by atoms with Gasteiger partial charge in [-0.15, -0.1) is 11.3 Å². The summed E-state index contributed by atoms with van der Waals surface area (Å²) in [7, 11) is 1.64. The maximum Gasteiger partial charge on any atom is 0.136 e. The van der Waals surface area contributed by atoms with Crippen LogP contribution in [0.2, 0.25) is 0 Å². The van der Waals surface area contributed by atoms with E-state index in [1.807, 2.05) is 47.8 Å². The first kappa shape index (κ1) is 17.7. The summed E-state index contributed by atoms with van der Waals surface area (Å²) >= 11 is 1.45. The molecule has 1 aromatic heterocycles. The quantitative estimate of drug-likeness (QED) is 0.601. The van der Waals surface area contributed by atoms with E-state index in [4.69, 9.17) is 4.74 Å². The minimum Gasteiger partial charge on any atom is -0.497 e. The molecule has 0 saturated carbocycles. The molecule has 0 bridgehead atoms. The molecule has 0 aliphatic carbocycles. The first-order chi connectivity index (χ1) is 12.7. The predicted molar refractivity (Wildman–Crippen MR) is 107 cm³/mol. The van der Waals surface area contributed by atoms with Crippen molar-refractivity contribution in [3.8, 4) is 23.1 Å². The van der Waals surface area contributed by atoms with Crippen LogP contribution in [-0.4, -0.2) is 12.1 Å². The minimum absolute atomic E-state index is 0.509. The lowest BCUT2D eigenvalue weighted by Crippen LogP contribution is -1.95. The van der Waals surface area contributed by atoms with E-state index in [1.54, 1.807) is 13.3 Å². The van der Waals surface area contributed by atoms with E-state index in [9.17, 15) is 5.26 Å². The number of rotatable bonds is 6. The van der Waals surface area contributed by atoms with Crippen LogP contribution in [0.15, 0.2) is 60.1 Å². The second kappa shape index (κ2) is 8.32. The second-order valence-corrected chi connectivity index (χ2v) is 6.45. The van der Waals surface area contributed by atoms with E-state index in [2.05, 4.69) is 29.4 Å². The van der Waals surface area contributed by atoms with Gasteiger partial charge in [-0.3, -0.25) is 0 Å². The summed E-state index contributed by atoms with van der Waals surface area (Å²) in [6, 6.07) is 18.0. The molecule has 0 atom stereocenters. The monoisotopic (exact) mass is 361 g/mol. The molecular formula is C21H19N3OS. The molecule has 0 amide bonds. The smallest absolute Gasteiger partial charge is 0.136 e. The van der Waals surface area contributed by atoms with Crippen molar-refractivity contribution in [3.05, 3.63) is 70.7 Å². The number of nitrogens with zero attached hydrogens (tertiary/aromatic N) is 2. The number of thiazole rings is 1. The van der Waals surface area contributed by atoms with Crippen LogP contribution >= 0.6 is 11.3 Å². The van der Waals surface area contributed by atoms with Gasteiger partial charge in [-0.25, -0.2) is 4.98 Å².